The summed E-state index contributed by atoms with van der Waals surface area (Å²) in [5.74, 6) is -0.321. The lowest BCUT2D eigenvalue weighted by Crippen LogP contribution is -2.18. The van der Waals surface area contributed by atoms with Crippen LogP contribution in [0.1, 0.15) is 28.3 Å². The van der Waals surface area contributed by atoms with Crippen molar-refractivity contribution in [2.75, 3.05) is 14.2 Å². The quantitative estimate of drug-likeness (QED) is 0.922. The molecule has 0 saturated heterocycles. The molecule has 1 N–H and O–H groups in total. The average molecular weight is 291 g/mol. The molecule has 4 heteroatoms. The highest BCUT2D eigenvalue weighted by molar-refractivity contribution is 5.46. The van der Waals surface area contributed by atoms with Crippen LogP contribution < -0.4 is 10.1 Å². The number of methoxy groups -OCH3 is 1. The van der Waals surface area contributed by atoms with Crippen LogP contribution >= 0.6 is 0 Å². The zero-order chi connectivity index (χ0) is 15.6. The summed E-state index contributed by atoms with van der Waals surface area (Å²) in [7, 11) is 3.40. The van der Waals surface area contributed by atoms with Gasteiger partial charge in [-0.25, -0.2) is 8.78 Å². The van der Waals surface area contributed by atoms with Crippen LogP contribution in [0, 0.1) is 25.5 Å². The Hall–Kier alpha value is -1.94. The average Bonchev–Trinajstić information content (AvgIpc) is 2.38. The number of rotatable bonds is 4. The number of aryl methyl sites for hydroxylation is 2. The third-order valence-electron chi connectivity index (χ3n) is 3.53. The first-order valence-electron chi connectivity index (χ1n) is 6.74. The Morgan fingerprint density at radius 3 is 1.81 bits per heavy atom. The molecule has 1 atom stereocenters. The predicted octanol–water partition coefficient (Wildman–Crippen LogP) is 3.90. The SMILES string of the molecule is CNC(c1cc(F)cc(F)c1)c1cc(C)c(OC)c(C)c1. The van der Waals surface area contributed by atoms with Gasteiger partial charge in [-0.1, -0.05) is 12.1 Å². The highest BCUT2D eigenvalue weighted by Gasteiger charge is 2.16. The summed E-state index contributed by atoms with van der Waals surface area (Å²) in [6.07, 6.45) is 0. The lowest BCUT2D eigenvalue weighted by Gasteiger charge is -2.20. The van der Waals surface area contributed by atoms with Crippen molar-refractivity contribution >= 4 is 0 Å². The highest BCUT2D eigenvalue weighted by atomic mass is 19.1. The fourth-order valence-electron chi connectivity index (χ4n) is 2.74. The van der Waals surface area contributed by atoms with Crippen molar-refractivity contribution < 1.29 is 13.5 Å². The van der Waals surface area contributed by atoms with Gasteiger partial charge in [0.05, 0.1) is 13.2 Å². The molecule has 112 valence electrons. The van der Waals surface area contributed by atoms with Crippen molar-refractivity contribution in [1.29, 1.82) is 0 Å². The summed E-state index contributed by atoms with van der Waals surface area (Å²) in [4.78, 5) is 0. The Labute approximate surface area is 123 Å². The van der Waals surface area contributed by atoms with Crippen LogP contribution in [-0.4, -0.2) is 14.2 Å². The van der Waals surface area contributed by atoms with Crippen molar-refractivity contribution in [3.8, 4) is 5.75 Å². The molecule has 2 rings (SSSR count). The molecule has 2 aromatic rings. The van der Waals surface area contributed by atoms with Gasteiger partial charge in [-0.05, 0) is 55.3 Å². The first-order chi connectivity index (χ1) is 9.96. The highest BCUT2D eigenvalue weighted by Crippen LogP contribution is 2.30. The molecular formula is C17H19F2NO. The second-order valence-corrected chi connectivity index (χ2v) is 5.11. The maximum atomic E-state index is 13.4. The Bertz CT molecular complexity index is 612. The van der Waals surface area contributed by atoms with Crippen LogP contribution in [-0.2, 0) is 0 Å². The van der Waals surface area contributed by atoms with Crippen molar-refractivity contribution in [2.45, 2.75) is 19.9 Å². The van der Waals surface area contributed by atoms with Crippen molar-refractivity contribution in [3.05, 3.63) is 64.2 Å². The fraction of sp³-hybridized carbons (Fsp3) is 0.294. The first kappa shape index (κ1) is 15.4. The van der Waals surface area contributed by atoms with E-state index in [-0.39, 0.29) is 6.04 Å². The van der Waals surface area contributed by atoms with Gasteiger partial charge < -0.3 is 10.1 Å². The van der Waals surface area contributed by atoms with Gasteiger partial charge in [0, 0.05) is 6.07 Å². The topological polar surface area (TPSA) is 21.3 Å². The minimum absolute atomic E-state index is 0.279. The van der Waals surface area contributed by atoms with Gasteiger partial charge in [0.1, 0.15) is 17.4 Å². The number of hydrogen-bond donors (Lipinski definition) is 1. The van der Waals surface area contributed by atoms with Crippen LogP contribution in [0.15, 0.2) is 30.3 Å². The normalized spacial score (nSPS) is 12.3. The van der Waals surface area contributed by atoms with Gasteiger partial charge in [0.2, 0.25) is 0 Å². The van der Waals surface area contributed by atoms with E-state index in [4.69, 9.17) is 4.74 Å². The van der Waals surface area contributed by atoms with E-state index in [9.17, 15) is 8.78 Å². The minimum atomic E-state index is -0.577. The van der Waals surface area contributed by atoms with E-state index in [1.165, 1.54) is 12.1 Å². The number of hydrogen-bond acceptors (Lipinski definition) is 2. The van der Waals surface area contributed by atoms with Crippen molar-refractivity contribution in [1.82, 2.24) is 5.32 Å². The standard InChI is InChI=1S/C17H19F2NO/c1-10-5-12(6-11(2)17(10)21-4)16(20-3)13-7-14(18)9-15(19)8-13/h5-9,16,20H,1-4H3. The molecule has 0 saturated carbocycles. The number of nitrogens with one attached hydrogen (secondary N) is 1. The molecule has 2 aromatic carbocycles. The lowest BCUT2D eigenvalue weighted by atomic mass is 9.95. The van der Waals surface area contributed by atoms with Crippen molar-refractivity contribution in [3.63, 3.8) is 0 Å². The van der Waals surface area contributed by atoms with E-state index >= 15 is 0 Å². The molecule has 0 amide bonds. The van der Waals surface area contributed by atoms with Gasteiger partial charge in [0.25, 0.3) is 0 Å². The van der Waals surface area contributed by atoms with Crippen LogP contribution in [0.3, 0.4) is 0 Å². The van der Waals surface area contributed by atoms with Gasteiger partial charge in [0.15, 0.2) is 0 Å². The summed E-state index contributed by atoms with van der Waals surface area (Å²) in [6.45, 7) is 3.91. The van der Waals surface area contributed by atoms with Gasteiger partial charge in [-0.15, -0.1) is 0 Å². The van der Waals surface area contributed by atoms with E-state index in [1.807, 2.05) is 26.0 Å². The van der Waals surface area contributed by atoms with Crippen LogP contribution in [0.4, 0.5) is 8.78 Å². The first-order valence-corrected chi connectivity index (χ1v) is 6.74. The Balaban J connectivity index is 2.51. The van der Waals surface area contributed by atoms with E-state index in [2.05, 4.69) is 5.32 Å². The monoisotopic (exact) mass is 291 g/mol. The van der Waals surface area contributed by atoms with Gasteiger partial charge >= 0.3 is 0 Å². The van der Waals surface area contributed by atoms with Gasteiger partial charge in [-0.2, -0.15) is 0 Å². The zero-order valence-electron chi connectivity index (χ0n) is 12.6. The molecule has 2 nitrogen and oxygen atoms in total. The number of ether oxygens (including phenoxy) is 1. The van der Waals surface area contributed by atoms with E-state index in [0.717, 1.165) is 28.5 Å². The zero-order valence-corrected chi connectivity index (χ0v) is 12.6. The van der Waals surface area contributed by atoms with Crippen LogP contribution in [0.25, 0.3) is 0 Å². The molecule has 21 heavy (non-hydrogen) atoms. The largest absolute Gasteiger partial charge is 0.496 e. The van der Waals surface area contributed by atoms with E-state index in [1.54, 1.807) is 14.2 Å². The molecule has 0 heterocycles. The maximum absolute atomic E-state index is 13.4. The molecule has 0 aliphatic heterocycles. The Kier molecular flexibility index (Phi) is 4.58. The third kappa shape index (κ3) is 3.22. The second-order valence-electron chi connectivity index (χ2n) is 5.11. The van der Waals surface area contributed by atoms with Crippen LogP contribution in [0.5, 0.6) is 5.75 Å². The number of benzene rings is 2. The van der Waals surface area contributed by atoms with E-state index < -0.39 is 11.6 Å². The summed E-state index contributed by atoms with van der Waals surface area (Å²) in [5, 5.41) is 3.11. The predicted molar refractivity (Wildman–Crippen MR) is 79.7 cm³/mol. The molecule has 0 spiro atoms. The molecule has 0 bridgehead atoms. The summed E-state index contributed by atoms with van der Waals surface area (Å²) in [6, 6.07) is 7.23. The van der Waals surface area contributed by atoms with Crippen LogP contribution in [0.2, 0.25) is 0 Å². The summed E-state index contributed by atoms with van der Waals surface area (Å²) in [5.41, 5.74) is 3.48. The summed E-state index contributed by atoms with van der Waals surface area (Å²) < 4.78 is 32.2. The Morgan fingerprint density at radius 2 is 1.38 bits per heavy atom. The minimum Gasteiger partial charge on any atom is -0.496 e. The molecule has 1 unspecified atom stereocenters. The molecule has 0 aliphatic rings. The lowest BCUT2D eigenvalue weighted by molar-refractivity contribution is 0.408. The fourth-order valence-corrected chi connectivity index (χ4v) is 2.74. The van der Waals surface area contributed by atoms with Gasteiger partial charge in [-0.3, -0.25) is 0 Å². The molecular weight excluding hydrogens is 272 g/mol. The third-order valence-corrected chi connectivity index (χ3v) is 3.53. The second kappa shape index (κ2) is 6.22. The molecule has 0 aliphatic carbocycles. The summed E-state index contributed by atoms with van der Waals surface area (Å²) >= 11 is 0. The molecule has 0 fully saturated rings. The smallest absolute Gasteiger partial charge is 0.126 e. The Morgan fingerprint density at radius 1 is 0.905 bits per heavy atom. The van der Waals surface area contributed by atoms with E-state index in [0.29, 0.717) is 5.56 Å². The number of halogens is 2. The van der Waals surface area contributed by atoms with Crippen molar-refractivity contribution in [2.24, 2.45) is 0 Å². The molecule has 0 aromatic heterocycles. The molecule has 0 radical (unpaired) electrons. The maximum Gasteiger partial charge on any atom is 0.126 e.